The molecule has 24 heavy (non-hydrogen) atoms. The lowest BCUT2D eigenvalue weighted by molar-refractivity contribution is -0.116. The SMILES string of the molecule is CCOc1ccc(CCC(=O)Nc2ccc(I)cc2C)cc1OC. The average molecular weight is 439 g/mol. The Kier molecular flexibility index (Phi) is 6.90. The Morgan fingerprint density at radius 1 is 1.17 bits per heavy atom. The van der Waals surface area contributed by atoms with E-state index in [4.69, 9.17) is 9.47 Å². The zero-order valence-corrected chi connectivity index (χ0v) is 16.3. The van der Waals surface area contributed by atoms with Crippen LogP contribution < -0.4 is 14.8 Å². The molecular weight excluding hydrogens is 417 g/mol. The average Bonchev–Trinajstić information content (AvgIpc) is 2.56. The van der Waals surface area contributed by atoms with E-state index in [1.807, 2.05) is 50.2 Å². The number of carbonyl (C=O) groups excluding carboxylic acids is 1. The van der Waals surface area contributed by atoms with E-state index in [1.165, 1.54) is 0 Å². The van der Waals surface area contributed by atoms with Gasteiger partial charge in [-0.15, -0.1) is 0 Å². The Labute approximate surface area is 156 Å². The van der Waals surface area contributed by atoms with Gasteiger partial charge < -0.3 is 14.8 Å². The maximum Gasteiger partial charge on any atom is 0.224 e. The van der Waals surface area contributed by atoms with Gasteiger partial charge in [0.2, 0.25) is 5.91 Å². The van der Waals surface area contributed by atoms with E-state index in [9.17, 15) is 4.79 Å². The zero-order valence-electron chi connectivity index (χ0n) is 14.2. The Hall–Kier alpha value is -1.76. The molecule has 0 atom stereocenters. The highest BCUT2D eigenvalue weighted by molar-refractivity contribution is 14.1. The van der Waals surface area contributed by atoms with Crippen molar-refractivity contribution in [2.24, 2.45) is 0 Å². The number of halogens is 1. The second-order valence-corrected chi connectivity index (χ2v) is 6.67. The van der Waals surface area contributed by atoms with E-state index in [0.717, 1.165) is 26.1 Å². The molecule has 0 saturated carbocycles. The number of hydrogen-bond donors (Lipinski definition) is 1. The summed E-state index contributed by atoms with van der Waals surface area (Å²) in [5.41, 5.74) is 2.98. The fraction of sp³-hybridized carbons (Fsp3) is 0.316. The van der Waals surface area contributed by atoms with Crippen molar-refractivity contribution in [1.29, 1.82) is 0 Å². The molecule has 5 heteroatoms. The van der Waals surface area contributed by atoms with Gasteiger partial charge in [0, 0.05) is 15.7 Å². The summed E-state index contributed by atoms with van der Waals surface area (Å²) >= 11 is 2.26. The normalized spacial score (nSPS) is 10.3. The van der Waals surface area contributed by atoms with Crippen LogP contribution in [0.25, 0.3) is 0 Å². The standard InChI is InChI=1S/C19H22INO3/c1-4-24-17-9-5-14(12-18(17)23-3)6-10-19(22)21-16-8-7-15(20)11-13(16)2/h5,7-9,11-12H,4,6,10H2,1-3H3,(H,21,22). The Bertz CT molecular complexity index is 716. The second kappa shape index (κ2) is 8.92. The summed E-state index contributed by atoms with van der Waals surface area (Å²) in [5.74, 6) is 1.43. The van der Waals surface area contributed by atoms with Crippen LogP contribution in [0.2, 0.25) is 0 Å². The smallest absolute Gasteiger partial charge is 0.224 e. The van der Waals surface area contributed by atoms with E-state index in [2.05, 4.69) is 27.9 Å². The third kappa shape index (κ3) is 5.12. The van der Waals surface area contributed by atoms with Gasteiger partial charge in [-0.2, -0.15) is 0 Å². The van der Waals surface area contributed by atoms with E-state index >= 15 is 0 Å². The Morgan fingerprint density at radius 3 is 2.62 bits per heavy atom. The number of benzene rings is 2. The van der Waals surface area contributed by atoms with Gasteiger partial charge >= 0.3 is 0 Å². The van der Waals surface area contributed by atoms with Gasteiger partial charge in [0.1, 0.15) is 0 Å². The molecule has 0 aliphatic carbocycles. The molecule has 0 aromatic heterocycles. The number of anilines is 1. The summed E-state index contributed by atoms with van der Waals surface area (Å²) in [5, 5.41) is 2.97. The van der Waals surface area contributed by atoms with Crippen molar-refractivity contribution < 1.29 is 14.3 Å². The summed E-state index contributed by atoms with van der Waals surface area (Å²) in [6.45, 7) is 4.52. The first-order valence-electron chi connectivity index (χ1n) is 7.89. The highest BCUT2D eigenvalue weighted by atomic mass is 127. The first-order chi connectivity index (χ1) is 11.5. The van der Waals surface area contributed by atoms with E-state index in [0.29, 0.717) is 25.2 Å². The van der Waals surface area contributed by atoms with Crippen LogP contribution in [0.5, 0.6) is 11.5 Å². The topological polar surface area (TPSA) is 47.6 Å². The number of carbonyl (C=O) groups is 1. The van der Waals surface area contributed by atoms with Crippen molar-refractivity contribution >= 4 is 34.2 Å². The molecular formula is C19H22INO3. The quantitative estimate of drug-likeness (QED) is 0.643. The predicted octanol–water partition coefficient (Wildman–Crippen LogP) is 4.58. The van der Waals surface area contributed by atoms with E-state index in [1.54, 1.807) is 7.11 Å². The Balaban J connectivity index is 1.96. The second-order valence-electron chi connectivity index (χ2n) is 5.43. The number of ether oxygens (including phenoxy) is 2. The van der Waals surface area contributed by atoms with E-state index in [-0.39, 0.29) is 5.91 Å². The third-order valence-electron chi connectivity index (χ3n) is 3.63. The van der Waals surface area contributed by atoms with Crippen molar-refractivity contribution in [2.45, 2.75) is 26.7 Å². The molecule has 0 saturated heterocycles. The molecule has 0 aliphatic rings. The highest BCUT2D eigenvalue weighted by Gasteiger charge is 2.09. The van der Waals surface area contributed by atoms with E-state index < -0.39 is 0 Å². The molecule has 0 bridgehead atoms. The molecule has 2 rings (SSSR count). The van der Waals surface area contributed by atoms with Gasteiger partial charge in [-0.25, -0.2) is 0 Å². The molecule has 1 N–H and O–H groups in total. The number of nitrogens with one attached hydrogen (secondary N) is 1. The van der Waals surface area contributed by atoms with Crippen molar-refractivity contribution in [3.05, 3.63) is 51.1 Å². The largest absolute Gasteiger partial charge is 0.493 e. The highest BCUT2D eigenvalue weighted by Crippen LogP contribution is 2.28. The predicted molar refractivity (Wildman–Crippen MR) is 105 cm³/mol. The summed E-state index contributed by atoms with van der Waals surface area (Å²) < 4.78 is 12.0. The number of methoxy groups -OCH3 is 1. The molecule has 128 valence electrons. The van der Waals surface area contributed by atoms with Gasteiger partial charge in [-0.05, 0) is 84.3 Å². The van der Waals surface area contributed by atoms with Gasteiger partial charge in [0.05, 0.1) is 13.7 Å². The molecule has 2 aromatic rings. The minimum absolute atomic E-state index is 0.00663. The lowest BCUT2D eigenvalue weighted by Crippen LogP contribution is -2.13. The molecule has 1 amide bonds. The lowest BCUT2D eigenvalue weighted by atomic mass is 10.1. The maximum atomic E-state index is 12.2. The van der Waals surface area contributed by atoms with Crippen molar-refractivity contribution in [1.82, 2.24) is 0 Å². The van der Waals surface area contributed by atoms with Crippen molar-refractivity contribution in [3.8, 4) is 11.5 Å². The first kappa shape index (κ1) is 18.6. The van der Waals surface area contributed by atoms with Crippen LogP contribution in [-0.4, -0.2) is 19.6 Å². The summed E-state index contributed by atoms with van der Waals surface area (Å²) in [4.78, 5) is 12.2. The molecule has 0 radical (unpaired) electrons. The molecule has 2 aromatic carbocycles. The molecule has 0 heterocycles. The maximum absolute atomic E-state index is 12.2. The molecule has 0 fully saturated rings. The van der Waals surface area contributed by atoms with Crippen LogP contribution >= 0.6 is 22.6 Å². The van der Waals surface area contributed by atoms with Gasteiger partial charge in [0.15, 0.2) is 11.5 Å². The number of aryl methyl sites for hydroxylation is 2. The van der Waals surface area contributed by atoms with Crippen LogP contribution in [0.4, 0.5) is 5.69 Å². The van der Waals surface area contributed by atoms with Crippen LogP contribution in [0.3, 0.4) is 0 Å². The Morgan fingerprint density at radius 2 is 1.96 bits per heavy atom. The first-order valence-corrected chi connectivity index (χ1v) is 8.97. The molecule has 0 aliphatic heterocycles. The molecule has 0 unspecified atom stereocenters. The lowest BCUT2D eigenvalue weighted by Gasteiger charge is -2.11. The number of amides is 1. The minimum Gasteiger partial charge on any atom is -0.493 e. The van der Waals surface area contributed by atoms with Crippen molar-refractivity contribution in [2.75, 3.05) is 19.0 Å². The fourth-order valence-corrected chi connectivity index (χ4v) is 3.03. The van der Waals surface area contributed by atoms with Crippen LogP contribution in [0, 0.1) is 10.5 Å². The van der Waals surface area contributed by atoms with Crippen LogP contribution in [0.15, 0.2) is 36.4 Å². The number of rotatable bonds is 7. The van der Waals surface area contributed by atoms with Crippen molar-refractivity contribution in [3.63, 3.8) is 0 Å². The monoisotopic (exact) mass is 439 g/mol. The molecule has 4 nitrogen and oxygen atoms in total. The van der Waals surface area contributed by atoms with Gasteiger partial charge in [-0.3, -0.25) is 4.79 Å². The van der Waals surface area contributed by atoms with Gasteiger partial charge in [0.25, 0.3) is 0 Å². The zero-order chi connectivity index (χ0) is 17.5. The summed E-state index contributed by atoms with van der Waals surface area (Å²) in [6, 6.07) is 11.8. The summed E-state index contributed by atoms with van der Waals surface area (Å²) in [6.07, 6.45) is 1.07. The minimum atomic E-state index is 0.00663. The van der Waals surface area contributed by atoms with Crippen LogP contribution in [-0.2, 0) is 11.2 Å². The molecule has 0 spiro atoms. The number of hydrogen-bond acceptors (Lipinski definition) is 3. The fourth-order valence-electron chi connectivity index (χ4n) is 2.38. The van der Waals surface area contributed by atoms with Crippen LogP contribution in [0.1, 0.15) is 24.5 Å². The third-order valence-corrected chi connectivity index (χ3v) is 4.30. The van der Waals surface area contributed by atoms with Gasteiger partial charge in [-0.1, -0.05) is 6.07 Å². The summed E-state index contributed by atoms with van der Waals surface area (Å²) in [7, 11) is 1.62.